The number of methoxy groups -OCH3 is 1. The Morgan fingerprint density at radius 1 is 1.30 bits per heavy atom. The van der Waals surface area contributed by atoms with Crippen molar-refractivity contribution < 1.29 is 4.74 Å². The van der Waals surface area contributed by atoms with Crippen LogP contribution in [0.5, 0.6) is 5.75 Å². The van der Waals surface area contributed by atoms with Crippen LogP contribution in [-0.2, 0) is 0 Å². The van der Waals surface area contributed by atoms with E-state index < -0.39 is 0 Å². The molecule has 0 radical (unpaired) electrons. The van der Waals surface area contributed by atoms with Gasteiger partial charge >= 0.3 is 0 Å². The standard InChI is InChI=1S/C18H29NO/c1-13-9-16(12-18(3,4)11-13)19-14(2)15-7-6-8-17(10-15)20-5/h6-8,10,13-14,16,19H,9,11-12H2,1-5H3/t13?,14-,16?/m0/s1. The van der Waals surface area contributed by atoms with Crippen molar-refractivity contribution in [1.82, 2.24) is 5.32 Å². The summed E-state index contributed by atoms with van der Waals surface area (Å²) < 4.78 is 5.32. The van der Waals surface area contributed by atoms with Crippen molar-refractivity contribution >= 4 is 0 Å². The van der Waals surface area contributed by atoms with E-state index in [4.69, 9.17) is 4.74 Å². The van der Waals surface area contributed by atoms with E-state index in [0.29, 0.717) is 17.5 Å². The molecule has 1 N–H and O–H groups in total. The van der Waals surface area contributed by atoms with Gasteiger partial charge in [0.25, 0.3) is 0 Å². The third-order valence-electron chi connectivity index (χ3n) is 4.47. The lowest BCUT2D eigenvalue weighted by molar-refractivity contribution is 0.145. The Labute approximate surface area is 123 Å². The Kier molecular flexibility index (Phi) is 4.74. The molecule has 20 heavy (non-hydrogen) atoms. The van der Waals surface area contributed by atoms with Gasteiger partial charge in [0.2, 0.25) is 0 Å². The molecule has 1 aromatic rings. The fourth-order valence-corrected chi connectivity index (χ4v) is 3.83. The number of rotatable bonds is 4. The topological polar surface area (TPSA) is 21.3 Å². The second-order valence-electron chi connectivity index (χ2n) is 7.28. The van der Waals surface area contributed by atoms with Gasteiger partial charge in [0.05, 0.1) is 7.11 Å². The van der Waals surface area contributed by atoms with Crippen LogP contribution in [0, 0.1) is 11.3 Å². The molecule has 1 fully saturated rings. The molecule has 3 atom stereocenters. The van der Waals surface area contributed by atoms with Crippen molar-refractivity contribution in [3.05, 3.63) is 29.8 Å². The summed E-state index contributed by atoms with van der Waals surface area (Å²) in [6.07, 6.45) is 3.90. The third-order valence-corrected chi connectivity index (χ3v) is 4.47. The zero-order valence-corrected chi connectivity index (χ0v) is 13.6. The maximum Gasteiger partial charge on any atom is 0.119 e. The van der Waals surface area contributed by atoms with Gasteiger partial charge in [0.15, 0.2) is 0 Å². The average molecular weight is 275 g/mol. The molecule has 0 aliphatic heterocycles. The highest BCUT2D eigenvalue weighted by Gasteiger charge is 2.32. The maximum absolute atomic E-state index is 5.32. The van der Waals surface area contributed by atoms with E-state index in [1.54, 1.807) is 7.11 Å². The van der Waals surface area contributed by atoms with Gasteiger partial charge in [-0.3, -0.25) is 0 Å². The zero-order chi connectivity index (χ0) is 14.8. The van der Waals surface area contributed by atoms with Crippen LogP contribution in [-0.4, -0.2) is 13.2 Å². The Morgan fingerprint density at radius 2 is 2.05 bits per heavy atom. The van der Waals surface area contributed by atoms with Crippen molar-refractivity contribution in [3.63, 3.8) is 0 Å². The molecule has 0 bridgehead atoms. The van der Waals surface area contributed by atoms with Gasteiger partial charge in [0, 0.05) is 12.1 Å². The smallest absolute Gasteiger partial charge is 0.119 e. The van der Waals surface area contributed by atoms with Gasteiger partial charge in [-0.1, -0.05) is 32.9 Å². The van der Waals surface area contributed by atoms with E-state index in [-0.39, 0.29) is 0 Å². The molecular weight excluding hydrogens is 246 g/mol. The fraction of sp³-hybridized carbons (Fsp3) is 0.667. The maximum atomic E-state index is 5.32. The van der Waals surface area contributed by atoms with Crippen LogP contribution in [0.15, 0.2) is 24.3 Å². The van der Waals surface area contributed by atoms with Gasteiger partial charge in [-0.25, -0.2) is 0 Å². The summed E-state index contributed by atoms with van der Waals surface area (Å²) in [5, 5.41) is 3.82. The molecule has 0 aromatic heterocycles. The Bertz CT molecular complexity index is 441. The Hall–Kier alpha value is -1.02. The van der Waals surface area contributed by atoms with Gasteiger partial charge in [-0.05, 0) is 55.2 Å². The van der Waals surface area contributed by atoms with Gasteiger partial charge in [-0.2, -0.15) is 0 Å². The number of nitrogens with one attached hydrogen (secondary N) is 1. The molecule has 2 unspecified atom stereocenters. The molecule has 1 aliphatic carbocycles. The first-order valence-corrected chi connectivity index (χ1v) is 7.79. The molecule has 1 saturated carbocycles. The van der Waals surface area contributed by atoms with E-state index in [1.807, 2.05) is 6.07 Å². The second-order valence-corrected chi connectivity index (χ2v) is 7.28. The predicted molar refractivity (Wildman–Crippen MR) is 85.1 cm³/mol. The summed E-state index contributed by atoms with van der Waals surface area (Å²) in [7, 11) is 1.72. The largest absolute Gasteiger partial charge is 0.497 e. The lowest BCUT2D eigenvalue weighted by Crippen LogP contribution is -2.41. The van der Waals surface area contributed by atoms with Crippen LogP contribution in [0.2, 0.25) is 0 Å². The van der Waals surface area contributed by atoms with Crippen molar-refractivity contribution in [2.75, 3.05) is 7.11 Å². The summed E-state index contributed by atoms with van der Waals surface area (Å²) >= 11 is 0. The number of ether oxygens (including phenoxy) is 1. The van der Waals surface area contributed by atoms with Crippen molar-refractivity contribution in [2.45, 2.75) is 59.0 Å². The third kappa shape index (κ3) is 3.99. The lowest BCUT2D eigenvalue weighted by atomic mass is 9.70. The van der Waals surface area contributed by atoms with Gasteiger partial charge in [0.1, 0.15) is 5.75 Å². The van der Waals surface area contributed by atoms with E-state index in [1.165, 1.54) is 24.8 Å². The van der Waals surface area contributed by atoms with Crippen LogP contribution < -0.4 is 10.1 Å². The summed E-state index contributed by atoms with van der Waals surface area (Å²) in [6, 6.07) is 9.38. The minimum absolute atomic E-state index is 0.371. The zero-order valence-electron chi connectivity index (χ0n) is 13.6. The quantitative estimate of drug-likeness (QED) is 0.869. The van der Waals surface area contributed by atoms with E-state index in [9.17, 15) is 0 Å². The van der Waals surface area contributed by atoms with E-state index in [0.717, 1.165) is 11.7 Å². The summed E-state index contributed by atoms with van der Waals surface area (Å²) in [6.45, 7) is 9.42. The molecule has 2 heteroatoms. The van der Waals surface area contributed by atoms with Crippen LogP contribution in [0.3, 0.4) is 0 Å². The van der Waals surface area contributed by atoms with E-state index >= 15 is 0 Å². The molecular formula is C18H29NO. The molecule has 0 saturated heterocycles. The molecule has 112 valence electrons. The van der Waals surface area contributed by atoms with Crippen LogP contribution in [0.4, 0.5) is 0 Å². The number of benzene rings is 1. The van der Waals surface area contributed by atoms with Crippen molar-refractivity contribution in [2.24, 2.45) is 11.3 Å². The molecule has 2 rings (SSSR count). The Morgan fingerprint density at radius 3 is 2.70 bits per heavy atom. The normalized spacial score (nSPS) is 27.1. The second kappa shape index (κ2) is 6.17. The first-order chi connectivity index (χ1) is 9.39. The molecule has 0 amide bonds. The highest BCUT2D eigenvalue weighted by atomic mass is 16.5. The molecule has 1 aromatic carbocycles. The monoisotopic (exact) mass is 275 g/mol. The van der Waals surface area contributed by atoms with Crippen molar-refractivity contribution in [3.8, 4) is 5.75 Å². The predicted octanol–water partition coefficient (Wildman–Crippen LogP) is 4.56. The SMILES string of the molecule is COc1cccc([C@H](C)NC2CC(C)CC(C)(C)C2)c1. The fourth-order valence-electron chi connectivity index (χ4n) is 3.83. The first kappa shape index (κ1) is 15.4. The van der Waals surface area contributed by atoms with Crippen LogP contribution in [0.25, 0.3) is 0 Å². The molecule has 0 spiro atoms. The summed E-state index contributed by atoms with van der Waals surface area (Å²) in [5.41, 5.74) is 1.77. The molecule has 0 heterocycles. The van der Waals surface area contributed by atoms with Crippen LogP contribution in [0.1, 0.15) is 58.6 Å². The average Bonchev–Trinajstić information content (AvgIpc) is 2.36. The molecule has 1 aliphatic rings. The minimum atomic E-state index is 0.371. The summed E-state index contributed by atoms with van der Waals surface area (Å²) in [4.78, 5) is 0. The van der Waals surface area contributed by atoms with Crippen molar-refractivity contribution in [1.29, 1.82) is 0 Å². The minimum Gasteiger partial charge on any atom is -0.497 e. The van der Waals surface area contributed by atoms with Crippen LogP contribution >= 0.6 is 0 Å². The first-order valence-electron chi connectivity index (χ1n) is 7.79. The lowest BCUT2D eigenvalue weighted by Gasteiger charge is -2.40. The van der Waals surface area contributed by atoms with E-state index in [2.05, 4.69) is 51.2 Å². The number of hydrogen-bond acceptors (Lipinski definition) is 2. The molecule has 2 nitrogen and oxygen atoms in total. The highest BCUT2D eigenvalue weighted by Crippen LogP contribution is 2.39. The Balaban J connectivity index is 2.01. The highest BCUT2D eigenvalue weighted by molar-refractivity contribution is 5.30. The van der Waals surface area contributed by atoms with Gasteiger partial charge < -0.3 is 10.1 Å². The van der Waals surface area contributed by atoms with Gasteiger partial charge in [-0.15, -0.1) is 0 Å². The summed E-state index contributed by atoms with van der Waals surface area (Å²) in [5.74, 6) is 1.75. The number of hydrogen-bond donors (Lipinski definition) is 1.